The molecule has 3 rings (SSSR count). The number of anilines is 1. The molecule has 9 heteroatoms. The second-order valence-corrected chi connectivity index (χ2v) is 7.39. The molecule has 0 saturated heterocycles. The number of aliphatic hydroxyl groups is 1. The molecule has 2 aromatic carbocycles. The zero-order valence-electron chi connectivity index (χ0n) is 16.0. The SMILES string of the molecule is O=C(O)C#CC(O)(CC1(c2cc(C(F)(F)F)ccc2F)CC1)C(=O)Nc1ccccc1. The molecule has 2 aromatic rings. The number of alkyl halides is 3. The molecular weight excluding hydrogens is 418 g/mol. The molecule has 1 fully saturated rings. The van der Waals surface area contributed by atoms with Gasteiger partial charge in [-0.3, -0.25) is 4.79 Å². The number of carboxylic acid groups (broad SMARTS) is 1. The Bertz CT molecular complexity index is 1070. The molecule has 0 bridgehead atoms. The van der Waals surface area contributed by atoms with Crippen molar-refractivity contribution >= 4 is 17.6 Å². The summed E-state index contributed by atoms with van der Waals surface area (Å²) in [5, 5.41) is 22.2. The Kier molecular flexibility index (Phi) is 5.79. The number of benzene rings is 2. The van der Waals surface area contributed by atoms with Gasteiger partial charge in [0.1, 0.15) is 5.82 Å². The van der Waals surface area contributed by atoms with Gasteiger partial charge in [0.05, 0.1) is 5.56 Å². The van der Waals surface area contributed by atoms with Crippen molar-refractivity contribution in [2.45, 2.75) is 36.5 Å². The van der Waals surface area contributed by atoms with Crippen LogP contribution in [0.25, 0.3) is 0 Å². The molecule has 1 atom stereocenters. The Morgan fingerprint density at radius 2 is 1.74 bits per heavy atom. The lowest BCUT2D eigenvalue weighted by molar-refractivity contribution is -0.138. The summed E-state index contributed by atoms with van der Waals surface area (Å²) in [6.45, 7) is 0. The Hall–Kier alpha value is -3.38. The van der Waals surface area contributed by atoms with E-state index in [9.17, 15) is 32.3 Å². The third-order valence-corrected chi connectivity index (χ3v) is 5.10. The fourth-order valence-corrected chi connectivity index (χ4v) is 3.38. The van der Waals surface area contributed by atoms with Gasteiger partial charge in [-0.15, -0.1) is 0 Å². The molecule has 1 aliphatic carbocycles. The lowest BCUT2D eigenvalue weighted by Gasteiger charge is -2.27. The maximum absolute atomic E-state index is 14.5. The molecule has 0 aliphatic heterocycles. The van der Waals surface area contributed by atoms with Crippen LogP contribution in [0.4, 0.5) is 23.2 Å². The largest absolute Gasteiger partial charge is 0.472 e. The summed E-state index contributed by atoms with van der Waals surface area (Å²) < 4.78 is 53.8. The monoisotopic (exact) mass is 435 g/mol. The van der Waals surface area contributed by atoms with Crippen LogP contribution in [0.1, 0.15) is 30.4 Å². The number of rotatable bonds is 5. The van der Waals surface area contributed by atoms with Crippen LogP contribution in [0, 0.1) is 17.7 Å². The van der Waals surface area contributed by atoms with E-state index in [1.54, 1.807) is 24.1 Å². The molecule has 1 saturated carbocycles. The first-order valence-electron chi connectivity index (χ1n) is 9.17. The second kappa shape index (κ2) is 8.04. The molecule has 0 radical (unpaired) electrons. The molecule has 0 aromatic heterocycles. The number of para-hydroxylation sites is 1. The predicted molar refractivity (Wildman–Crippen MR) is 102 cm³/mol. The summed E-state index contributed by atoms with van der Waals surface area (Å²) in [5.41, 5.74) is -4.94. The van der Waals surface area contributed by atoms with E-state index in [1.807, 2.05) is 5.92 Å². The van der Waals surface area contributed by atoms with Gasteiger partial charge in [0.25, 0.3) is 5.91 Å². The van der Waals surface area contributed by atoms with Gasteiger partial charge < -0.3 is 15.5 Å². The summed E-state index contributed by atoms with van der Waals surface area (Å²) >= 11 is 0. The standard InChI is InChI=1S/C22H17F4NO4/c23-17-7-6-14(22(24,25)26)12-16(17)20(10-11-20)13-21(31,9-8-18(28)29)19(30)27-15-4-2-1-3-5-15/h1-7,12,31H,10-11,13H2,(H,27,30)(H,28,29). The van der Waals surface area contributed by atoms with Crippen LogP contribution in [-0.4, -0.2) is 27.7 Å². The average molecular weight is 435 g/mol. The van der Waals surface area contributed by atoms with Crippen LogP contribution in [0.15, 0.2) is 48.5 Å². The van der Waals surface area contributed by atoms with Crippen molar-refractivity contribution in [1.82, 2.24) is 0 Å². The number of carbonyl (C=O) groups is 2. The van der Waals surface area contributed by atoms with E-state index < -0.39 is 46.9 Å². The third kappa shape index (κ3) is 5.03. The number of nitrogens with one attached hydrogen (secondary N) is 1. The van der Waals surface area contributed by atoms with Crippen molar-refractivity contribution < 1.29 is 37.4 Å². The highest BCUT2D eigenvalue weighted by molar-refractivity contribution is 6.01. The molecule has 162 valence electrons. The molecule has 3 N–H and O–H groups in total. The Labute approximate surface area is 174 Å². The van der Waals surface area contributed by atoms with E-state index in [-0.39, 0.29) is 24.1 Å². The van der Waals surface area contributed by atoms with Gasteiger partial charge in [-0.1, -0.05) is 18.2 Å². The lowest BCUT2D eigenvalue weighted by atomic mass is 9.82. The van der Waals surface area contributed by atoms with Crippen molar-refractivity contribution in [3.8, 4) is 11.8 Å². The highest BCUT2D eigenvalue weighted by atomic mass is 19.4. The Morgan fingerprint density at radius 1 is 1.10 bits per heavy atom. The first kappa shape index (κ1) is 22.3. The van der Waals surface area contributed by atoms with E-state index in [0.29, 0.717) is 18.2 Å². The molecule has 1 unspecified atom stereocenters. The first-order chi connectivity index (χ1) is 14.5. The van der Waals surface area contributed by atoms with Crippen LogP contribution in [-0.2, 0) is 21.2 Å². The van der Waals surface area contributed by atoms with Crippen LogP contribution in [0.2, 0.25) is 0 Å². The van der Waals surface area contributed by atoms with Gasteiger partial charge in [-0.25, -0.2) is 9.18 Å². The second-order valence-electron chi connectivity index (χ2n) is 7.39. The number of aliphatic carboxylic acids is 1. The number of carboxylic acids is 1. The summed E-state index contributed by atoms with van der Waals surface area (Å²) in [6, 6.07) is 9.88. The summed E-state index contributed by atoms with van der Waals surface area (Å²) in [5.74, 6) is 0.0937. The van der Waals surface area contributed by atoms with E-state index in [4.69, 9.17) is 5.11 Å². The number of halogens is 4. The van der Waals surface area contributed by atoms with Gasteiger partial charge in [0, 0.05) is 23.4 Å². The zero-order valence-corrected chi connectivity index (χ0v) is 16.0. The van der Waals surface area contributed by atoms with E-state index >= 15 is 0 Å². The third-order valence-electron chi connectivity index (χ3n) is 5.10. The van der Waals surface area contributed by atoms with Crippen LogP contribution < -0.4 is 5.32 Å². The molecule has 1 amide bonds. The predicted octanol–water partition coefficient (Wildman–Crippen LogP) is 3.72. The van der Waals surface area contributed by atoms with E-state index in [2.05, 4.69) is 5.32 Å². The summed E-state index contributed by atoms with van der Waals surface area (Å²) in [6.07, 6.45) is -4.89. The van der Waals surface area contributed by atoms with Crippen LogP contribution >= 0.6 is 0 Å². The smallest absolute Gasteiger partial charge is 0.416 e. The quantitative estimate of drug-likeness (QED) is 0.494. The van der Waals surface area contributed by atoms with Gasteiger partial charge in [-0.2, -0.15) is 13.2 Å². The minimum atomic E-state index is -4.71. The Morgan fingerprint density at radius 3 is 2.29 bits per heavy atom. The number of hydrogen-bond donors (Lipinski definition) is 3. The first-order valence-corrected chi connectivity index (χ1v) is 9.17. The van der Waals surface area contributed by atoms with Gasteiger partial charge >= 0.3 is 12.1 Å². The topological polar surface area (TPSA) is 86.6 Å². The summed E-state index contributed by atoms with van der Waals surface area (Å²) in [4.78, 5) is 23.7. The molecule has 0 heterocycles. The molecule has 1 aliphatic rings. The Balaban J connectivity index is 1.98. The van der Waals surface area contributed by atoms with Gasteiger partial charge in [0.15, 0.2) is 0 Å². The van der Waals surface area contributed by atoms with Crippen molar-refractivity contribution in [2.75, 3.05) is 5.32 Å². The lowest BCUT2D eigenvalue weighted by Crippen LogP contribution is -2.45. The van der Waals surface area contributed by atoms with Gasteiger partial charge in [-0.05, 0) is 54.7 Å². The number of amides is 1. The minimum absolute atomic E-state index is 0.195. The maximum Gasteiger partial charge on any atom is 0.416 e. The minimum Gasteiger partial charge on any atom is -0.472 e. The fourth-order valence-electron chi connectivity index (χ4n) is 3.38. The normalized spacial score (nSPS) is 16.4. The number of carbonyl (C=O) groups excluding carboxylic acids is 1. The average Bonchev–Trinajstić information content (AvgIpc) is 3.46. The van der Waals surface area contributed by atoms with E-state index in [1.165, 1.54) is 12.1 Å². The van der Waals surface area contributed by atoms with Crippen molar-refractivity contribution in [3.63, 3.8) is 0 Å². The fraction of sp³-hybridized carbons (Fsp3) is 0.273. The van der Waals surface area contributed by atoms with Crippen LogP contribution in [0.3, 0.4) is 0 Å². The maximum atomic E-state index is 14.5. The zero-order chi connectivity index (χ0) is 22.9. The molecule has 31 heavy (non-hydrogen) atoms. The molecule has 0 spiro atoms. The highest BCUT2D eigenvalue weighted by Gasteiger charge is 2.54. The number of hydrogen-bond acceptors (Lipinski definition) is 3. The van der Waals surface area contributed by atoms with Crippen molar-refractivity contribution in [3.05, 3.63) is 65.5 Å². The molecular formula is C22H17F4NO4. The van der Waals surface area contributed by atoms with Crippen molar-refractivity contribution in [2.24, 2.45) is 0 Å². The van der Waals surface area contributed by atoms with Gasteiger partial charge in [0.2, 0.25) is 5.60 Å². The molecule has 5 nitrogen and oxygen atoms in total. The van der Waals surface area contributed by atoms with Crippen molar-refractivity contribution in [1.29, 1.82) is 0 Å². The highest BCUT2D eigenvalue weighted by Crippen LogP contribution is 2.54. The summed E-state index contributed by atoms with van der Waals surface area (Å²) in [7, 11) is 0. The van der Waals surface area contributed by atoms with E-state index in [0.717, 1.165) is 0 Å². The van der Waals surface area contributed by atoms with Crippen LogP contribution in [0.5, 0.6) is 0 Å².